The van der Waals surface area contributed by atoms with Gasteiger partial charge in [-0.05, 0) is 36.4 Å². The summed E-state index contributed by atoms with van der Waals surface area (Å²) in [7, 11) is 1.61. The van der Waals surface area contributed by atoms with E-state index in [1.807, 2.05) is 48.5 Å². The summed E-state index contributed by atoms with van der Waals surface area (Å²) in [5, 5.41) is 0.756. The van der Waals surface area contributed by atoms with Crippen LogP contribution in [-0.4, -0.2) is 24.8 Å². The summed E-state index contributed by atoms with van der Waals surface area (Å²) in [5.41, 5.74) is 1.74. The standard InChI is InChI=1S/C20H19BrO3/c1-23-19-8-4-2-6-16(19)10-12-18(22)13-11-17-7-3-5-9-20(17)24-15-14-21/h2-13H,14-15H2,1H3. The molecule has 2 rings (SSSR count). The molecule has 2 aromatic rings. The number of rotatable bonds is 8. The largest absolute Gasteiger partial charge is 0.496 e. The number of benzene rings is 2. The lowest BCUT2D eigenvalue weighted by Gasteiger charge is -2.06. The maximum absolute atomic E-state index is 12.1. The second-order valence-electron chi connectivity index (χ2n) is 4.89. The first kappa shape index (κ1) is 18.0. The predicted molar refractivity (Wildman–Crippen MR) is 102 cm³/mol. The topological polar surface area (TPSA) is 35.5 Å². The molecule has 4 heteroatoms. The van der Waals surface area contributed by atoms with Crippen molar-refractivity contribution in [3.63, 3.8) is 0 Å². The summed E-state index contributed by atoms with van der Waals surface area (Å²) in [6.45, 7) is 0.576. The Balaban J connectivity index is 2.07. The van der Waals surface area contributed by atoms with Crippen LogP contribution in [0.2, 0.25) is 0 Å². The minimum atomic E-state index is -0.101. The zero-order valence-corrected chi connectivity index (χ0v) is 15.0. The van der Waals surface area contributed by atoms with E-state index >= 15 is 0 Å². The molecule has 0 aliphatic carbocycles. The molecule has 0 aliphatic heterocycles. The first-order valence-electron chi connectivity index (χ1n) is 7.55. The fourth-order valence-corrected chi connectivity index (χ4v) is 2.26. The molecule has 0 unspecified atom stereocenters. The van der Waals surface area contributed by atoms with E-state index in [0.29, 0.717) is 6.61 Å². The third-order valence-electron chi connectivity index (χ3n) is 3.25. The smallest absolute Gasteiger partial charge is 0.178 e. The van der Waals surface area contributed by atoms with Gasteiger partial charge in [-0.25, -0.2) is 0 Å². The molecular weight excluding hydrogens is 368 g/mol. The summed E-state index contributed by atoms with van der Waals surface area (Å²) in [5.74, 6) is 1.39. The highest BCUT2D eigenvalue weighted by Gasteiger charge is 2.01. The Morgan fingerprint density at radius 1 is 0.958 bits per heavy atom. The Morgan fingerprint density at radius 2 is 1.50 bits per heavy atom. The molecule has 3 nitrogen and oxygen atoms in total. The number of halogens is 1. The summed E-state index contributed by atoms with van der Waals surface area (Å²) < 4.78 is 10.9. The van der Waals surface area contributed by atoms with E-state index in [1.54, 1.807) is 19.3 Å². The van der Waals surface area contributed by atoms with Crippen LogP contribution in [0.1, 0.15) is 11.1 Å². The highest BCUT2D eigenvalue weighted by molar-refractivity contribution is 9.09. The normalized spacial score (nSPS) is 11.1. The lowest BCUT2D eigenvalue weighted by molar-refractivity contribution is -0.110. The van der Waals surface area contributed by atoms with Crippen molar-refractivity contribution < 1.29 is 14.3 Å². The molecule has 24 heavy (non-hydrogen) atoms. The monoisotopic (exact) mass is 386 g/mol. The Hall–Kier alpha value is -2.33. The summed E-state index contributed by atoms with van der Waals surface area (Å²) in [4.78, 5) is 12.1. The van der Waals surface area contributed by atoms with E-state index in [9.17, 15) is 4.79 Å². The van der Waals surface area contributed by atoms with Crippen molar-refractivity contribution in [3.05, 3.63) is 71.8 Å². The van der Waals surface area contributed by atoms with Crippen LogP contribution < -0.4 is 9.47 Å². The number of methoxy groups -OCH3 is 1. The Bertz CT molecular complexity index is 735. The lowest BCUT2D eigenvalue weighted by Crippen LogP contribution is -1.99. The van der Waals surface area contributed by atoms with Crippen molar-refractivity contribution >= 4 is 33.9 Å². The summed E-state index contributed by atoms with van der Waals surface area (Å²) in [6, 6.07) is 15.2. The quantitative estimate of drug-likeness (QED) is 0.484. The van der Waals surface area contributed by atoms with Crippen molar-refractivity contribution in [2.24, 2.45) is 0 Å². The maximum atomic E-state index is 12.1. The molecule has 0 radical (unpaired) electrons. The predicted octanol–water partition coefficient (Wildman–Crippen LogP) is 4.76. The number of hydrogen-bond acceptors (Lipinski definition) is 3. The van der Waals surface area contributed by atoms with Gasteiger partial charge >= 0.3 is 0 Å². The zero-order valence-electron chi connectivity index (χ0n) is 13.4. The highest BCUT2D eigenvalue weighted by atomic mass is 79.9. The number of carbonyl (C=O) groups excluding carboxylic acids is 1. The van der Waals surface area contributed by atoms with Gasteiger partial charge in [-0.1, -0.05) is 52.3 Å². The number of ketones is 1. The Morgan fingerprint density at radius 3 is 2.08 bits per heavy atom. The first-order valence-corrected chi connectivity index (χ1v) is 8.67. The third-order valence-corrected chi connectivity index (χ3v) is 3.57. The highest BCUT2D eigenvalue weighted by Crippen LogP contribution is 2.20. The van der Waals surface area contributed by atoms with Crippen LogP contribution in [0.4, 0.5) is 0 Å². The van der Waals surface area contributed by atoms with Crippen LogP contribution in [-0.2, 0) is 4.79 Å². The van der Waals surface area contributed by atoms with Crippen LogP contribution in [0, 0.1) is 0 Å². The van der Waals surface area contributed by atoms with Gasteiger partial charge in [0, 0.05) is 16.5 Å². The molecular formula is C20H19BrO3. The second kappa shape index (κ2) is 9.73. The van der Waals surface area contributed by atoms with Crippen LogP contribution in [0.5, 0.6) is 11.5 Å². The van der Waals surface area contributed by atoms with Crippen molar-refractivity contribution in [2.45, 2.75) is 0 Å². The van der Waals surface area contributed by atoms with Gasteiger partial charge < -0.3 is 9.47 Å². The van der Waals surface area contributed by atoms with Gasteiger partial charge in [0.15, 0.2) is 5.78 Å². The molecule has 0 amide bonds. The van der Waals surface area contributed by atoms with Crippen molar-refractivity contribution in [1.29, 1.82) is 0 Å². The number of alkyl halides is 1. The molecule has 0 spiro atoms. The number of allylic oxidation sites excluding steroid dienone is 2. The molecule has 0 N–H and O–H groups in total. The van der Waals surface area contributed by atoms with Crippen LogP contribution in [0.3, 0.4) is 0 Å². The van der Waals surface area contributed by atoms with Crippen LogP contribution in [0.25, 0.3) is 12.2 Å². The third kappa shape index (κ3) is 5.39. The molecule has 124 valence electrons. The average molecular weight is 387 g/mol. The van der Waals surface area contributed by atoms with Gasteiger partial charge in [-0.15, -0.1) is 0 Å². The van der Waals surface area contributed by atoms with Crippen molar-refractivity contribution in [2.75, 3.05) is 19.0 Å². The van der Waals surface area contributed by atoms with Gasteiger partial charge in [-0.2, -0.15) is 0 Å². The van der Waals surface area contributed by atoms with Crippen molar-refractivity contribution in [1.82, 2.24) is 0 Å². The Kier molecular flexibility index (Phi) is 7.30. The number of para-hydroxylation sites is 2. The first-order chi connectivity index (χ1) is 11.7. The summed E-state index contributed by atoms with van der Waals surface area (Å²) in [6.07, 6.45) is 6.57. The van der Waals surface area contributed by atoms with Crippen LogP contribution >= 0.6 is 15.9 Å². The van der Waals surface area contributed by atoms with Crippen molar-refractivity contribution in [3.8, 4) is 11.5 Å². The summed E-state index contributed by atoms with van der Waals surface area (Å²) >= 11 is 3.33. The minimum Gasteiger partial charge on any atom is -0.496 e. The maximum Gasteiger partial charge on any atom is 0.178 e. The van der Waals surface area contributed by atoms with E-state index in [0.717, 1.165) is 28.0 Å². The molecule has 0 aliphatic rings. The van der Waals surface area contributed by atoms with Gasteiger partial charge in [-0.3, -0.25) is 4.79 Å². The Labute approximate surface area is 150 Å². The van der Waals surface area contributed by atoms with E-state index in [-0.39, 0.29) is 5.78 Å². The van der Waals surface area contributed by atoms with E-state index in [4.69, 9.17) is 9.47 Å². The minimum absolute atomic E-state index is 0.101. The molecule has 0 saturated heterocycles. The van der Waals surface area contributed by atoms with Gasteiger partial charge in [0.05, 0.1) is 13.7 Å². The van der Waals surface area contributed by atoms with E-state index in [1.165, 1.54) is 12.2 Å². The van der Waals surface area contributed by atoms with Gasteiger partial charge in [0.1, 0.15) is 11.5 Å². The van der Waals surface area contributed by atoms with E-state index < -0.39 is 0 Å². The van der Waals surface area contributed by atoms with E-state index in [2.05, 4.69) is 15.9 Å². The number of ether oxygens (including phenoxy) is 2. The van der Waals surface area contributed by atoms with Gasteiger partial charge in [0.2, 0.25) is 0 Å². The number of hydrogen-bond donors (Lipinski definition) is 0. The average Bonchev–Trinajstić information content (AvgIpc) is 2.63. The molecule has 0 bridgehead atoms. The molecule has 0 heterocycles. The fraction of sp³-hybridized carbons (Fsp3) is 0.150. The fourth-order valence-electron chi connectivity index (χ4n) is 2.10. The number of carbonyl (C=O) groups is 1. The molecule has 0 fully saturated rings. The molecule has 0 aromatic heterocycles. The zero-order chi connectivity index (χ0) is 17.2. The second-order valence-corrected chi connectivity index (χ2v) is 5.68. The lowest BCUT2D eigenvalue weighted by atomic mass is 10.1. The SMILES string of the molecule is COc1ccccc1C=CC(=O)C=Cc1ccccc1OCCBr. The molecule has 2 aromatic carbocycles. The molecule has 0 atom stereocenters. The molecule has 0 saturated carbocycles. The van der Waals surface area contributed by atoms with Crippen LogP contribution in [0.15, 0.2) is 60.7 Å². The van der Waals surface area contributed by atoms with Gasteiger partial charge in [0.25, 0.3) is 0 Å².